The van der Waals surface area contributed by atoms with E-state index in [4.69, 9.17) is 0 Å². The summed E-state index contributed by atoms with van der Waals surface area (Å²) in [6.45, 7) is 2.45. The normalized spacial score (nSPS) is 37.6. The zero-order valence-electron chi connectivity index (χ0n) is 8.41. The van der Waals surface area contributed by atoms with E-state index in [1.807, 2.05) is 0 Å². The minimum Gasteiger partial charge on any atom is -0.391 e. The third kappa shape index (κ3) is 2.23. The van der Waals surface area contributed by atoms with Crippen molar-refractivity contribution in [2.24, 2.45) is 0 Å². The smallest absolute Gasteiger partial charge is 0.0695 e. The van der Waals surface area contributed by atoms with Gasteiger partial charge in [0.25, 0.3) is 0 Å². The molecule has 0 radical (unpaired) electrons. The van der Waals surface area contributed by atoms with Gasteiger partial charge in [0, 0.05) is 6.04 Å². The fourth-order valence-electron chi connectivity index (χ4n) is 2.77. The van der Waals surface area contributed by atoms with Gasteiger partial charge in [0.05, 0.1) is 6.10 Å². The van der Waals surface area contributed by atoms with Crippen LogP contribution in [0.5, 0.6) is 0 Å². The van der Waals surface area contributed by atoms with Gasteiger partial charge in [0.1, 0.15) is 0 Å². The molecule has 1 saturated heterocycles. The molecule has 0 amide bonds. The molecule has 1 aliphatic heterocycles. The van der Waals surface area contributed by atoms with E-state index in [0.717, 1.165) is 6.42 Å². The molecule has 2 heteroatoms. The van der Waals surface area contributed by atoms with E-state index in [9.17, 15) is 5.11 Å². The molecule has 2 atom stereocenters. The lowest BCUT2D eigenvalue weighted by Crippen LogP contribution is -2.47. The van der Waals surface area contributed by atoms with Crippen molar-refractivity contribution in [1.82, 2.24) is 4.90 Å². The highest BCUT2D eigenvalue weighted by atomic mass is 16.3. The van der Waals surface area contributed by atoms with E-state index < -0.39 is 0 Å². The second-order valence-electron chi connectivity index (χ2n) is 4.52. The van der Waals surface area contributed by atoms with Crippen LogP contribution in [0, 0.1) is 0 Å². The van der Waals surface area contributed by atoms with Crippen LogP contribution in [0.3, 0.4) is 0 Å². The molecule has 0 spiro atoms. The van der Waals surface area contributed by atoms with Gasteiger partial charge < -0.3 is 5.11 Å². The van der Waals surface area contributed by atoms with Crippen LogP contribution in [0.25, 0.3) is 0 Å². The Balaban J connectivity index is 1.88. The van der Waals surface area contributed by atoms with E-state index in [1.54, 1.807) is 0 Å². The van der Waals surface area contributed by atoms with Gasteiger partial charge in [-0.1, -0.05) is 19.3 Å². The Morgan fingerprint density at radius 1 is 0.846 bits per heavy atom. The monoisotopic (exact) mass is 183 g/mol. The highest BCUT2D eigenvalue weighted by Gasteiger charge is 2.28. The highest BCUT2D eigenvalue weighted by molar-refractivity contribution is 4.84. The van der Waals surface area contributed by atoms with Gasteiger partial charge in [-0.3, -0.25) is 4.90 Å². The number of nitrogens with zero attached hydrogens (tertiary/aromatic N) is 1. The standard InChI is InChI=1S/C11H21NO/c13-11-7-3-2-6-10(11)12-8-4-1-5-9-12/h10-11,13H,1-9H2/t10-,11+/m0/s1. The SMILES string of the molecule is O[C@@H]1CCCC[C@@H]1N1CCCCC1. The van der Waals surface area contributed by atoms with Crippen LogP contribution in [0.2, 0.25) is 0 Å². The average molecular weight is 183 g/mol. The summed E-state index contributed by atoms with van der Waals surface area (Å²) >= 11 is 0. The maximum atomic E-state index is 9.88. The quantitative estimate of drug-likeness (QED) is 0.670. The Bertz CT molecular complexity index is 154. The van der Waals surface area contributed by atoms with Crippen molar-refractivity contribution in [2.75, 3.05) is 13.1 Å². The number of aliphatic hydroxyl groups excluding tert-OH is 1. The third-order valence-corrected chi connectivity index (χ3v) is 3.55. The Morgan fingerprint density at radius 2 is 1.54 bits per heavy atom. The largest absolute Gasteiger partial charge is 0.391 e. The Hall–Kier alpha value is -0.0800. The number of piperidine rings is 1. The van der Waals surface area contributed by atoms with Crippen molar-refractivity contribution in [3.05, 3.63) is 0 Å². The summed E-state index contributed by atoms with van der Waals surface area (Å²) in [4.78, 5) is 2.52. The van der Waals surface area contributed by atoms with Crippen LogP contribution in [0.15, 0.2) is 0 Å². The molecule has 0 aromatic carbocycles. The Labute approximate surface area is 80.9 Å². The van der Waals surface area contributed by atoms with Crippen molar-refractivity contribution in [3.8, 4) is 0 Å². The molecule has 0 aromatic rings. The van der Waals surface area contributed by atoms with Crippen LogP contribution < -0.4 is 0 Å². The second-order valence-corrected chi connectivity index (χ2v) is 4.52. The van der Waals surface area contributed by atoms with Gasteiger partial charge in [-0.15, -0.1) is 0 Å². The number of likely N-dealkylation sites (tertiary alicyclic amines) is 1. The summed E-state index contributed by atoms with van der Waals surface area (Å²) < 4.78 is 0. The second kappa shape index (κ2) is 4.43. The van der Waals surface area contributed by atoms with Crippen molar-refractivity contribution in [2.45, 2.75) is 57.1 Å². The Kier molecular flexibility index (Phi) is 3.23. The summed E-state index contributed by atoms with van der Waals surface area (Å²) in [5.74, 6) is 0. The summed E-state index contributed by atoms with van der Waals surface area (Å²) in [6.07, 6.45) is 8.82. The van der Waals surface area contributed by atoms with Crippen LogP contribution in [-0.4, -0.2) is 35.2 Å². The van der Waals surface area contributed by atoms with Crippen LogP contribution in [0.4, 0.5) is 0 Å². The van der Waals surface area contributed by atoms with E-state index in [1.165, 1.54) is 51.6 Å². The number of hydrogen-bond acceptors (Lipinski definition) is 2. The first kappa shape index (κ1) is 9.47. The molecule has 0 bridgehead atoms. The summed E-state index contributed by atoms with van der Waals surface area (Å²) in [5, 5.41) is 9.88. The molecule has 0 aromatic heterocycles. The number of hydrogen-bond donors (Lipinski definition) is 1. The van der Waals surface area contributed by atoms with Crippen molar-refractivity contribution in [1.29, 1.82) is 0 Å². The number of rotatable bonds is 1. The molecule has 2 fully saturated rings. The fourth-order valence-corrected chi connectivity index (χ4v) is 2.77. The Morgan fingerprint density at radius 3 is 2.23 bits per heavy atom. The minimum atomic E-state index is -0.0353. The zero-order chi connectivity index (χ0) is 9.10. The molecular formula is C11H21NO. The molecule has 76 valence electrons. The summed E-state index contributed by atoms with van der Waals surface area (Å²) in [5.41, 5.74) is 0. The van der Waals surface area contributed by atoms with E-state index in [2.05, 4.69) is 4.90 Å². The summed E-state index contributed by atoms with van der Waals surface area (Å²) in [6, 6.07) is 0.494. The van der Waals surface area contributed by atoms with Crippen molar-refractivity contribution in [3.63, 3.8) is 0 Å². The van der Waals surface area contributed by atoms with Gasteiger partial charge >= 0.3 is 0 Å². The van der Waals surface area contributed by atoms with Gasteiger partial charge in [0.15, 0.2) is 0 Å². The molecule has 2 aliphatic rings. The van der Waals surface area contributed by atoms with E-state index in [-0.39, 0.29) is 6.10 Å². The minimum absolute atomic E-state index is 0.0353. The first-order chi connectivity index (χ1) is 6.38. The first-order valence-electron chi connectivity index (χ1n) is 5.80. The van der Waals surface area contributed by atoms with Crippen molar-refractivity contribution < 1.29 is 5.11 Å². The molecule has 2 rings (SSSR count). The molecular weight excluding hydrogens is 162 g/mol. The molecule has 1 aliphatic carbocycles. The van der Waals surface area contributed by atoms with Gasteiger partial charge in [-0.05, 0) is 38.8 Å². The van der Waals surface area contributed by atoms with Gasteiger partial charge in [-0.2, -0.15) is 0 Å². The topological polar surface area (TPSA) is 23.5 Å². The molecule has 1 heterocycles. The fraction of sp³-hybridized carbons (Fsp3) is 1.00. The van der Waals surface area contributed by atoms with Crippen LogP contribution in [0.1, 0.15) is 44.9 Å². The third-order valence-electron chi connectivity index (χ3n) is 3.55. The van der Waals surface area contributed by atoms with Crippen molar-refractivity contribution >= 4 is 0 Å². The van der Waals surface area contributed by atoms with Crippen LogP contribution >= 0.6 is 0 Å². The molecule has 13 heavy (non-hydrogen) atoms. The molecule has 2 nitrogen and oxygen atoms in total. The lowest BCUT2D eigenvalue weighted by Gasteiger charge is -2.39. The van der Waals surface area contributed by atoms with E-state index >= 15 is 0 Å². The van der Waals surface area contributed by atoms with E-state index in [0.29, 0.717) is 6.04 Å². The highest BCUT2D eigenvalue weighted by Crippen LogP contribution is 2.25. The maximum Gasteiger partial charge on any atom is 0.0695 e. The zero-order valence-corrected chi connectivity index (χ0v) is 8.41. The van der Waals surface area contributed by atoms with Gasteiger partial charge in [-0.25, -0.2) is 0 Å². The number of aliphatic hydroxyl groups is 1. The predicted molar refractivity (Wildman–Crippen MR) is 53.7 cm³/mol. The molecule has 1 saturated carbocycles. The lowest BCUT2D eigenvalue weighted by atomic mass is 9.90. The summed E-state index contributed by atoms with van der Waals surface area (Å²) in [7, 11) is 0. The predicted octanol–water partition coefficient (Wildman–Crippen LogP) is 1.78. The lowest BCUT2D eigenvalue weighted by molar-refractivity contribution is 0.0113. The first-order valence-corrected chi connectivity index (χ1v) is 5.80. The maximum absolute atomic E-state index is 9.88. The van der Waals surface area contributed by atoms with Gasteiger partial charge in [0.2, 0.25) is 0 Å². The average Bonchev–Trinajstić information content (AvgIpc) is 2.20. The molecule has 1 N–H and O–H groups in total. The molecule has 0 unspecified atom stereocenters. The van der Waals surface area contributed by atoms with Crippen LogP contribution in [-0.2, 0) is 0 Å².